The minimum atomic E-state index is -0.991. The van der Waals surface area contributed by atoms with Crippen LogP contribution in [0.1, 0.15) is 46.0 Å². The molecular weight excluding hydrogens is 232 g/mol. The molecule has 2 saturated carbocycles. The number of aliphatic hydroxyl groups is 2. The zero-order valence-corrected chi connectivity index (χ0v) is 11.1. The van der Waals surface area contributed by atoms with Crippen LogP contribution < -0.4 is 0 Å². The van der Waals surface area contributed by atoms with Gasteiger partial charge in [0.15, 0.2) is 0 Å². The zero-order chi connectivity index (χ0) is 13.6. The van der Waals surface area contributed by atoms with Gasteiger partial charge in [0.2, 0.25) is 0 Å². The quantitative estimate of drug-likeness (QED) is 0.579. The van der Waals surface area contributed by atoms with Crippen molar-refractivity contribution in [3.8, 4) is 0 Å². The first-order valence-electron chi connectivity index (χ1n) is 6.48. The number of ether oxygens (including phenoxy) is 1. The van der Waals surface area contributed by atoms with Crippen LogP contribution in [0, 0.1) is 5.92 Å². The van der Waals surface area contributed by atoms with Crippen LogP contribution in [0.4, 0.5) is 0 Å². The average molecular weight is 254 g/mol. The molecule has 0 aromatic rings. The van der Waals surface area contributed by atoms with E-state index < -0.39 is 22.8 Å². The third kappa shape index (κ3) is 2.59. The summed E-state index contributed by atoms with van der Waals surface area (Å²) in [5, 5.41) is 20.9. The maximum Gasteiger partial charge on any atom is 0.330 e. The summed E-state index contributed by atoms with van der Waals surface area (Å²) in [5.74, 6) is -0.207. The first kappa shape index (κ1) is 13.6. The number of fused-ring (bicyclic) bond motifs is 2. The van der Waals surface area contributed by atoms with Crippen LogP contribution in [0.3, 0.4) is 0 Å². The maximum atomic E-state index is 11.5. The third-order valence-corrected chi connectivity index (χ3v) is 4.00. The molecule has 2 bridgehead atoms. The molecule has 0 saturated heterocycles. The summed E-state index contributed by atoms with van der Waals surface area (Å²) < 4.78 is 5.49. The number of carbonyl (C=O) groups excluding carboxylic acids is 1. The Morgan fingerprint density at radius 3 is 2.61 bits per heavy atom. The lowest BCUT2D eigenvalue weighted by Gasteiger charge is -2.55. The third-order valence-electron chi connectivity index (χ3n) is 4.00. The Bertz CT molecular complexity index is 372. The van der Waals surface area contributed by atoms with Gasteiger partial charge in [-0.05, 0) is 25.7 Å². The normalized spacial score (nSPS) is 47.4. The number of rotatable bonds is 2. The van der Waals surface area contributed by atoms with Gasteiger partial charge >= 0.3 is 5.97 Å². The standard InChI is InChI=1S/C14H22O4/c1-4-11(15)18-14-6-10(2)5-13(17,9-14)7-12(3,16)8-14/h4,10,16-17H,1,5-9H2,2-3H3. The van der Waals surface area contributed by atoms with E-state index in [4.69, 9.17) is 4.74 Å². The second-order valence-electron chi connectivity index (χ2n) is 6.57. The second kappa shape index (κ2) is 4.07. The summed E-state index contributed by atoms with van der Waals surface area (Å²) in [6, 6.07) is 0. The minimum absolute atomic E-state index is 0.275. The molecule has 0 aliphatic heterocycles. The van der Waals surface area contributed by atoms with E-state index in [1.807, 2.05) is 6.92 Å². The van der Waals surface area contributed by atoms with Crippen LogP contribution in [0.5, 0.6) is 0 Å². The summed E-state index contributed by atoms with van der Waals surface area (Å²) in [5.41, 5.74) is -2.67. The van der Waals surface area contributed by atoms with E-state index in [9.17, 15) is 15.0 Å². The van der Waals surface area contributed by atoms with Crippen LogP contribution in [-0.2, 0) is 9.53 Å². The fourth-order valence-electron chi connectivity index (χ4n) is 4.20. The first-order chi connectivity index (χ1) is 8.18. The zero-order valence-electron chi connectivity index (χ0n) is 11.1. The predicted octanol–water partition coefficient (Wildman–Crippen LogP) is 1.55. The molecule has 2 aliphatic rings. The lowest BCUT2D eigenvalue weighted by Crippen LogP contribution is -2.60. The van der Waals surface area contributed by atoms with Crippen molar-refractivity contribution < 1.29 is 19.7 Å². The Morgan fingerprint density at radius 2 is 2.00 bits per heavy atom. The van der Waals surface area contributed by atoms with Crippen molar-refractivity contribution in [2.45, 2.75) is 62.8 Å². The molecule has 2 N–H and O–H groups in total. The van der Waals surface area contributed by atoms with Crippen LogP contribution in [0.2, 0.25) is 0 Å². The molecule has 102 valence electrons. The van der Waals surface area contributed by atoms with Gasteiger partial charge in [-0.25, -0.2) is 4.79 Å². The molecule has 0 heterocycles. The number of esters is 1. The van der Waals surface area contributed by atoms with Crippen LogP contribution in [0.15, 0.2) is 12.7 Å². The van der Waals surface area contributed by atoms with Crippen molar-refractivity contribution in [1.29, 1.82) is 0 Å². The van der Waals surface area contributed by atoms with Crippen molar-refractivity contribution in [3.63, 3.8) is 0 Å². The van der Waals surface area contributed by atoms with Crippen LogP contribution in [0.25, 0.3) is 0 Å². The predicted molar refractivity (Wildman–Crippen MR) is 66.8 cm³/mol. The minimum Gasteiger partial charge on any atom is -0.456 e. The number of carbonyl (C=O) groups is 1. The molecular formula is C14H22O4. The van der Waals surface area contributed by atoms with Gasteiger partial charge in [0.05, 0.1) is 11.2 Å². The summed E-state index contributed by atoms with van der Waals surface area (Å²) in [7, 11) is 0. The number of hydrogen-bond donors (Lipinski definition) is 2. The van der Waals surface area contributed by atoms with E-state index in [0.717, 1.165) is 6.08 Å². The summed E-state index contributed by atoms with van der Waals surface area (Å²) in [4.78, 5) is 11.5. The van der Waals surface area contributed by atoms with Crippen LogP contribution >= 0.6 is 0 Å². The fourth-order valence-corrected chi connectivity index (χ4v) is 4.20. The summed E-state index contributed by atoms with van der Waals surface area (Å²) >= 11 is 0. The van der Waals surface area contributed by atoms with E-state index in [1.54, 1.807) is 6.92 Å². The van der Waals surface area contributed by atoms with Gasteiger partial charge in [-0.2, -0.15) is 0 Å². The Morgan fingerprint density at radius 1 is 1.33 bits per heavy atom. The molecule has 0 amide bonds. The molecule has 0 aromatic carbocycles. The summed E-state index contributed by atoms with van der Waals surface area (Å²) in [6.07, 6.45) is 3.61. The average Bonchev–Trinajstić information content (AvgIpc) is 2.10. The molecule has 0 aromatic heterocycles. The van der Waals surface area contributed by atoms with Crippen molar-refractivity contribution in [1.82, 2.24) is 0 Å². The lowest BCUT2D eigenvalue weighted by atomic mass is 9.59. The monoisotopic (exact) mass is 254 g/mol. The van der Waals surface area contributed by atoms with Gasteiger partial charge in [0.25, 0.3) is 0 Å². The van der Waals surface area contributed by atoms with E-state index in [1.165, 1.54) is 0 Å². The van der Waals surface area contributed by atoms with Crippen molar-refractivity contribution in [2.75, 3.05) is 0 Å². The highest BCUT2D eigenvalue weighted by Gasteiger charge is 2.57. The Labute approximate surface area is 108 Å². The molecule has 4 atom stereocenters. The SMILES string of the molecule is C=CC(=O)OC12CC(C)CC(O)(CC(C)(O)C1)C2. The highest BCUT2D eigenvalue weighted by molar-refractivity contribution is 5.81. The van der Waals surface area contributed by atoms with Crippen molar-refractivity contribution in [2.24, 2.45) is 5.92 Å². The van der Waals surface area contributed by atoms with Gasteiger partial charge < -0.3 is 14.9 Å². The van der Waals surface area contributed by atoms with Gasteiger partial charge in [0, 0.05) is 25.3 Å². The van der Waals surface area contributed by atoms with Gasteiger partial charge in [0.1, 0.15) is 5.60 Å². The molecule has 4 unspecified atom stereocenters. The van der Waals surface area contributed by atoms with Gasteiger partial charge in [-0.15, -0.1) is 0 Å². The summed E-state index contributed by atoms with van der Waals surface area (Å²) in [6.45, 7) is 7.14. The molecule has 0 radical (unpaired) electrons. The van der Waals surface area contributed by atoms with Gasteiger partial charge in [-0.1, -0.05) is 13.5 Å². The molecule has 4 heteroatoms. The maximum absolute atomic E-state index is 11.5. The van der Waals surface area contributed by atoms with E-state index >= 15 is 0 Å². The fraction of sp³-hybridized carbons (Fsp3) is 0.786. The lowest BCUT2D eigenvalue weighted by molar-refractivity contribution is -0.220. The molecule has 2 fully saturated rings. The van der Waals surface area contributed by atoms with Crippen LogP contribution in [-0.4, -0.2) is 33.0 Å². The second-order valence-corrected chi connectivity index (χ2v) is 6.57. The van der Waals surface area contributed by atoms with E-state index in [2.05, 4.69) is 6.58 Å². The van der Waals surface area contributed by atoms with Crippen molar-refractivity contribution in [3.05, 3.63) is 12.7 Å². The van der Waals surface area contributed by atoms with E-state index in [0.29, 0.717) is 32.1 Å². The smallest absolute Gasteiger partial charge is 0.330 e. The Balaban J connectivity index is 2.30. The molecule has 4 nitrogen and oxygen atoms in total. The number of hydrogen-bond acceptors (Lipinski definition) is 4. The highest BCUT2D eigenvalue weighted by atomic mass is 16.6. The molecule has 0 spiro atoms. The molecule has 2 rings (SSSR count). The molecule has 2 aliphatic carbocycles. The topological polar surface area (TPSA) is 66.8 Å². The molecule has 18 heavy (non-hydrogen) atoms. The Hall–Kier alpha value is -0.870. The Kier molecular flexibility index (Phi) is 3.06. The van der Waals surface area contributed by atoms with Crippen molar-refractivity contribution >= 4 is 5.97 Å². The first-order valence-corrected chi connectivity index (χ1v) is 6.48. The largest absolute Gasteiger partial charge is 0.456 e. The van der Waals surface area contributed by atoms with Gasteiger partial charge in [-0.3, -0.25) is 0 Å². The highest BCUT2D eigenvalue weighted by Crippen LogP contribution is 2.52. The van der Waals surface area contributed by atoms with E-state index in [-0.39, 0.29) is 5.92 Å².